The Morgan fingerprint density at radius 3 is 2.75 bits per heavy atom. The van der Waals surface area contributed by atoms with E-state index in [1.54, 1.807) is 13.0 Å². The van der Waals surface area contributed by atoms with Gasteiger partial charge in [0, 0.05) is 18.7 Å². The molecule has 2 aromatic heterocycles. The number of hydrogen-bond donors (Lipinski definition) is 2. The van der Waals surface area contributed by atoms with Crippen LogP contribution in [0.25, 0.3) is 5.65 Å². The topological polar surface area (TPSA) is 78.3 Å². The van der Waals surface area contributed by atoms with E-state index in [1.807, 2.05) is 14.1 Å². The van der Waals surface area contributed by atoms with Gasteiger partial charge in [0.2, 0.25) is 0 Å². The van der Waals surface area contributed by atoms with Gasteiger partial charge < -0.3 is 10.2 Å². The molecule has 0 spiro atoms. The molecular formula is C13H22N6O. The fourth-order valence-electron chi connectivity index (χ4n) is 2.18. The first kappa shape index (κ1) is 14.5. The molecule has 0 aliphatic heterocycles. The van der Waals surface area contributed by atoms with Crippen LogP contribution in [0.1, 0.15) is 19.7 Å². The van der Waals surface area contributed by atoms with E-state index >= 15 is 0 Å². The standard InChI is InChI=1S/C13H22N6O/c1-8(2)10(7-18(4)5)15-11-6-12-16-17-13(20)19(12)9(3)14-11/h6,8,10,15H,7H2,1-5H3,(H,17,20). The SMILES string of the molecule is Cc1nc(NC(CN(C)C)C(C)C)cc2n[nH]c(=O)n12. The summed E-state index contributed by atoms with van der Waals surface area (Å²) < 4.78 is 1.46. The summed E-state index contributed by atoms with van der Waals surface area (Å²) in [4.78, 5) is 18.1. The van der Waals surface area contributed by atoms with Crippen molar-refractivity contribution in [2.75, 3.05) is 26.0 Å². The van der Waals surface area contributed by atoms with Gasteiger partial charge in [0.05, 0.1) is 0 Å². The maximum absolute atomic E-state index is 11.6. The summed E-state index contributed by atoms with van der Waals surface area (Å²) in [6.07, 6.45) is 0. The van der Waals surface area contributed by atoms with Gasteiger partial charge in [-0.05, 0) is 26.9 Å². The molecule has 20 heavy (non-hydrogen) atoms. The molecule has 0 fully saturated rings. The largest absolute Gasteiger partial charge is 0.366 e. The maximum atomic E-state index is 11.6. The molecule has 7 nitrogen and oxygen atoms in total. The highest BCUT2D eigenvalue weighted by Crippen LogP contribution is 2.13. The van der Waals surface area contributed by atoms with Crippen LogP contribution >= 0.6 is 0 Å². The average Bonchev–Trinajstić information content (AvgIpc) is 2.69. The van der Waals surface area contributed by atoms with E-state index in [0.717, 1.165) is 12.4 Å². The summed E-state index contributed by atoms with van der Waals surface area (Å²) in [7, 11) is 4.10. The molecular weight excluding hydrogens is 256 g/mol. The van der Waals surface area contributed by atoms with Gasteiger partial charge in [-0.25, -0.2) is 19.3 Å². The molecule has 1 atom stereocenters. The van der Waals surface area contributed by atoms with Crippen LogP contribution in [0.15, 0.2) is 10.9 Å². The number of aromatic amines is 1. The highest BCUT2D eigenvalue weighted by Gasteiger charge is 2.16. The zero-order valence-electron chi connectivity index (χ0n) is 12.6. The van der Waals surface area contributed by atoms with Gasteiger partial charge in [0.1, 0.15) is 11.6 Å². The van der Waals surface area contributed by atoms with E-state index in [1.165, 1.54) is 4.40 Å². The van der Waals surface area contributed by atoms with Gasteiger partial charge in [-0.1, -0.05) is 13.8 Å². The molecule has 0 bridgehead atoms. The minimum Gasteiger partial charge on any atom is -0.366 e. The second-order valence-electron chi connectivity index (χ2n) is 5.67. The fourth-order valence-corrected chi connectivity index (χ4v) is 2.18. The lowest BCUT2D eigenvalue weighted by Crippen LogP contribution is -2.36. The van der Waals surface area contributed by atoms with E-state index in [2.05, 4.69) is 39.2 Å². The third-order valence-electron chi connectivity index (χ3n) is 3.27. The minimum atomic E-state index is -0.259. The third-order valence-corrected chi connectivity index (χ3v) is 3.27. The first-order valence-electron chi connectivity index (χ1n) is 6.74. The smallest absolute Gasteiger partial charge is 0.349 e. The Labute approximate surface area is 118 Å². The van der Waals surface area contributed by atoms with Crippen molar-refractivity contribution in [1.29, 1.82) is 0 Å². The van der Waals surface area contributed by atoms with Gasteiger partial charge in [-0.15, -0.1) is 0 Å². The number of aromatic nitrogens is 4. The molecule has 0 aromatic carbocycles. The van der Waals surface area contributed by atoms with E-state index in [0.29, 0.717) is 17.4 Å². The van der Waals surface area contributed by atoms with Gasteiger partial charge >= 0.3 is 5.69 Å². The Bertz CT molecular complexity index is 642. The summed E-state index contributed by atoms with van der Waals surface area (Å²) in [5.41, 5.74) is 0.322. The molecule has 7 heteroatoms. The lowest BCUT2D eigenvalue weighted by Gasteiger charge is -2.26. The monoisotopic (exact) mass is 278 g/mol. The summed E-state index contributed by atoms with van der Waals surface area (Å²) in [5.74, 6) is 1.84. The van der Waals surface area contributed by atoms with Gasteiger partial charge in [0.15, 0.2) is 5.65 Å². The van der Waals surface area contributed by atoms with E-state index in [9.17, 15) is 4.79 Å². The van der Waals surface area contributed by atoms with Crippen LogP contribution in [0.2, 0.25) is 0 Å². The molecule has 0 aliphatic carbocycles. The summed E-state index contributed by atoms with van der Waals surface area (Å²) in [5, 5.41) is 9.85. The van der Waals surface area contributed by atoms with Crippen LogP contribution in [0.3, 0.4) is 0 Å². The maximum Gasteiger partial charge on any atom is 0.349 e. The second kappa shape index (κ2) is 5.62. The van der Waals surface area contributed by atoms with Crippen molar-refractivity contribution < 1.29 is 0 Å². The Morgan fingerprint density at radius 2 is 2.15 bits per heavy atom. The van der Waals surface area contributed by atoms with Gasteiger partial charge in [-0.3, -0.25) is 0 Å². The Kier molecular flexibility index (Phi) is 4.08. The number of likely N-dealkylation sites (N-methyl/N-ethyl adjacent to an activating group) is 1. The molecule has 0 saturated carbocycles. The van der Waals surface area contributed by atoms with Crippen molar-refractivity contribution in [3.63, 3.8) is 0 Å². The van der Waals surface area contributed by atoms with Crippen molar-refractivity contribution >= 4 is 11.5 Å². The average molecular weight is 278 g/mol. The van der Waals surface area contributed by atoms with Crippen molar-refractivity contribution in [2.24, 2.45) is 5.92 Å². The number of hydrogen-bond acceptors (Lipinski definition) is 5. The van der Waals surface area contributed by atoms with Crippen LogP contribution in [-0.4, -0.2) is 51.2 Å². The van der Waals surface area contributed by atoms with Gasteiger partial charge in [0.25, 0.3) is 0 Å². The molecule has 2 heterocycles. The second-order valence-corrected chi connectivity index (χ2v) is 5.67. The highest BCUT2D eigenvalue weighted by molar-refractivity contribution is 5.50. The fraction of sp³-hybridized carbons (Fsp3) is 0.615. The van der Waals surface area contributed by atoms with Crippen LogP contribution in [0.5, 0.6) is 0 Å². The van der Waals surface area contributed by atoms with E-state index < -0.39 is 0 Å². The number of nitrogens with one attached hydrogen (secondary N) is 2. The zero-order chi connectivity index (χ0) is 14.9. The first-order chi connectivity index (χ1) is 9.38. The quantitative estimate of drug-likeness (QED) is 0.843. The van der Waals surface area contributed by atoms with E-state index in [-0.39, 0.29) is 11.7 Å². The predicted octanol–water partition coefficient (Wildman–Crippen LogP) is 0.724. The Morgan fingerprint density at radius 1 is 1.45 bits per heavy atom. The molecule has 0 saturated heterocycles. The number of aryl methyl sites for hydroxylation is 1. The predicted molar refractivity (Wildman–Crippen MR) is 79.1 cm³/mol. The summed E-state index contributed by atoms with van der Waals surface area (Å²) >= 11 is 0. The first-order valence-corrected chi connectivity index (χ1v) is 6.74. The van der Waals surface area contributed by atoms with Crippen molar-refractivity contribution in [2.45, 2.75) is 26.8 Å². The third kappa shape index (κ3) is 2.98. The Balaban J connectivity index is 2.30. The minimum absolute atomic E-state index is 0.259. The molecule has 1 unspecified atom stereocenters. The van der Waals surface area contributed by atoms with Crippen LogP contribution in [0.4, 0.5) is 5.82 Å². The number of rotatable bonds is 5. The molecule has 0 radical (unpaired) electrons. The van der Waals surface area contributed by atoms with Crippen LogP contribution < -0.4 is 11.0 Å². The van der Waals surface area contributed by atoms with Crippen molar-refractivity contribution in [3.05, 3.63) is 22.4 Å². The van der Waals surface area contributed by atoms with Crippen molar-refractivity contribution in [3.8, 4) is 0 Å². The van der Waals surface area contributed by atoms with E-state index in [4.69, 9.17) is 0 Å². The molecule has 2 aromatic rings. The number of nitrogens with zero attached hydrogens (tertiary/aromatic N) is 4. The van der Waals surface area contributed by atoms with Gasteiger partial charge in [-0.2, -0.15) is 5.10 Å². The molecule has 2 rings (SSSR count). The lowest BCUT2D eigenvalue weighted by atomic mass is 10.0. The zero-order valence-corrected chi connectivity index (χ0v) is 12.6. The molecule has 0 aliphatic rings. The number of H-pyrrole nitrogens is 1. The number of fused-ring (bicyclic) bond motifs is 1. The Hall–Kier alpha value is -1.89. The molecule has 0 amide bonds. The lowest BCUT2D eigenvalue weighted by molar-refractivity contribution is 0.344. The normalized spacial score (nSPS) is 13.3. The summed E-state index contributed by atoms with van der Waals surface area (Å²) in [6.45, 7) is 7.06. The van der Waals surface area contributed by atoms with Crippen LogP contribution in [0, 0.1) is 12.8 Å². The molecule has 2 N–H and O–H groups in total. The summed E-state index contributed by atoms with van der Waals surface area (Å²) in [6, 6.07) is 2.07. The van der Waals surface area contributed by atoms with Crippen LogP contribution in [-0.2, 0) is 0 Å². The number of anilines is 1. The highest BCUT2D eigenvalue weighted by atomic mass is 16.1. The van der Waals surface area contributed by atoms with Crippen molar-refractivity contribution in [1.82, 2.24) is 24.5 Å². The molecule has 110 valence electrons.